The summed E-state index contributed by atoms with van der Waals surface area (Å²) in [6, 6.07) is 4.33. The standard InChI is InChI=1S/C12H14ClNO3/c1-7(2)5-11(15)14-8-3-4-9(12(16)17)10(13)6-8/h3-4,6-7H,5H2,1-2H3,(H,14,15)(H,16,17). The van der Waals surface area contributed by atoms with Crippen molar-refractivity contribution in [3.63, 3.8) is 0 Å². The van der Waals surface area contributed by atoms with Crippen molar-refractivity contribution >= 4 is 29.2 Å². The van der Waals surface area contributed by atoms with Crippen molar-refractivity contribution in [3.8, 4) is 0 Å². The maximum Gasteiger partial charge on any atom is 0.337 e. The Morgan fingerprint density at radius 2 is 2.06 bits per heavy atom. The number of benzene rings is 1. The average Bonchev–Trinajstić information content (AvgIpc) is 2.15. The van der Waals surface area contributed by atoms with Gasteiger partial charge in [0.05, 0.1) is 10.6 Å². The Labute approximate surface area is 105 Å². The van der Waals surface area contributed by atoms with E-state index >= 15 is 0 Å². The van der Waals surface area contributed by atoms with Gasteiger partial charge in [0, 0.05) is 12.1 Å². The molecule has 0 unspecified atom stereocenters. The van der Waals surface area contributed by atoms with Crippen LogP contribution in [0.4, 0.5) is 5.69 Å². The van der Waals surface area contributed by atoms with Crippen LogP contribution in [0, 0.1) is 5.92 Å². The molecule has 1 aromatic rings. The Hall–Kier alpha value is -1.55. The third-order valence-corrected chi connectivity index (χ3v) is 2.39. The minimum Gasteiger partial charge on any atom is -0.478 e. The lowest BCUT2D eigenvalue weighted by Crippen LogP contribution is -2.14. The van der Waals surface area contributed by atoms with Crippen LogP contribution < -0.4 is 5.32 Å². The van der Waals surface area contributed by atoms with Gasteiger partial charge in [0.15, 0.2) is 0 Å². The van der Waals surface area contributed by atoms with Crippen molar-refractivity contribution in [1.29, 1.82) is 0 Å². The summed E-state index contributed by atoms with van der Waals surface area (Å²) in [6.45, 7) is 3.89. The zero-order valence-electron chi connectivity index (χ0n) is 9.66. The van der Waals surface area contributed by atoms with Crippen LogP contribution in [0.1, 0.15) is 30.6 Å². The maximum absolute atomic E-state index is 11.5. The lowest BCUT2D eigenvalue weighted by molar-refractivity contribution is -0.116. The van der Waals surface area contributed by atoms with Crippen LogP contribution in [0.5, 0.6) is 0 Å². The van der Waals surface area contributed by atoms with Gasteiger partial charge < -0.3 is 10.4 Å². The number of hydrogen-bond donors (Lipinski definition) is 2. The van der Waals surface area contributed by atoms with E-state index in [4.69, 9.17) is 16.7 Å². The summed E-state index contributed by atoms with van der Waals surface area (Å²) < 4.78 is 0. The molecule has 0 heterocycles. The van der Waals surface area contributed by atoms with Crippen molar-refractivity contribution in [3.05, 3.63) is 28.8 Å². The highest BCUT2D eigenvalue weighted by Gasteiger charge is 2.10. The van der Waals surface area contributed by atoms with Gasteiger partial charge in [0.1, 0.15) is 0 Å². The van der Waals surface area contributed by atoms with E-state index in [1.54, 1.807) is 0 Å². The lowest BCUT2D eigenvalue weighted by Gasteiger charge is -2.08. The van der Waals surface area contributed by atoms with Crippen molar-refractivity contribution in [2.24, 2.45) is 5.92 Å². The minimum atomic E-state index is -1.09. The van der Waals surface area contributed by atoms with Gasteiger partial charge in [-0.3, -0.25) is 4.79 Å². The summed E-state index contributed by atoms with van der Waals surface area (Å²) in [7, 11) is 0. The molecular formula is C12H14ClNO3. The summed E-state index contributed by atoms with van der Waals surface area (Å²) in [4.78, 5) is 22.2. The van der Waals surface area contributed by atoms with Gasteiger partial charge in [-0.2, -0.15) is 0 Å². The fourth-order valence-corrected chi connectivity index (χ4v) is 1.61. The molecule has 1 aromatic carbocycles. The molecule has 0 radical (unpaired) electrons. The number of carbonyl (C=O) groups is 2. The number of rotatable bonds is 4. The molecule has 0 bridgehead atoms. The second-order valence-electron chi connectivity index (χ2n) is 4.15. The van der Waals surface area contributed by atoms with Gasteiger partial charge in [0.2, 0.25) is 5.91 Å². The summed E-state index contributed by atoms with van der Waals surface area (Å²) >= 11 is 5.78. The fraction of sp³-hybridized carbons (Fsp3) is 0.333. The highest BCUT2D eigenvalue weighted by Crippen LogP contribution is 2.21. The van der Waals surface area contributed by atoms with Crippen LogP contribution in [0.3, 0.4) is 0 Å². The molecule has 1 rings (SSSR count). The number of carboxylic acid groups (broad SMARTS) is 1. The molecule has 5 heteroatoms. The molecule has 0 atom stereocenters. The van der Waals surface area contributed by atoms with Crippen LogP contribution >= 0.6 is 11.6 Å². The maximum atomic E-state index is 11.5. The fourth-order valence-electron chi connectivity index (χ4n) is 1.35. The van der Waals surface area contributed by atoms with Gasteiger partial charge in [-0.25, -0.2) is 4.79 Å². The monoisotopic (exact) mass is 255 g/mol. The Morgan fingerprint density at radius 1 is 1.41 bits per heavy atom. The van der Waals surface area contributed by atoms with Gasteiger partial charge in [-0.05, 0) is 24.1 Å². The van der Waals surface area contributed by atoms with Gasteiger partial charge in [-0.1, -0.05) is 25.4 Å². The predicted octanol–water partition coefficient (Wildman–Crippen LogP) is 3.02. The first kappa shape index (κ1) is 13.5. The van der Waals surface area contributed by atoms with E-state index in [0.717, 1.165) is 0 Å². The Kier molecular flexibility index (Phi) is 4.52. The number of nitrogens with one attached hydrogen (secondary N) is 1. The average molecular weight is 256 g/mol. The molecule has 1 amide bonds. The molecule has 0 spiro atoms. The molecular weight excluding hydrogens is 242 g/mol. The smallest absolute Gasteiger partial charge is 0.337 e. The zero-order chi connectivity index (χ0) is 13.0. The van der Waals surface area contributed by atoms with Crippen molar-refractivity contribution in [2.45, 2.75) is 20.3 Å². The Balaban J connectivity index is 2.77. The van der Waals surface area contributed by atoms with Crippen LogP contribution in [0.25, 0.3) is 0 Å². The van der Waals surface area contributed by atoms with Gasteiger partial charge in [-0.15, -0.1) is 0 Å². The number of halogens is 1. The molecule has 4 nitrogen and oxygen atoms in total. The molecule has 92 valence electrons. The van der Waals surface area contributed by atoms with E-state index in [2.05, 4.69) is 5.32 Å². The first-order chi connectivity index (χ1) is 7.90. The number of amides is 1. The Bertz CT molecular complexity index is 443. The minimum absolute atomic E-state index is 0.0218. The van der Waals surface area contributed by atoms with E-state index in [9.17, 15) is 9.59 Å². The second kappa shape index (κ2) is 5.68. The number of anilines is 1. The lowest BCUT2D eigenvalue weighted by atomic mass is 10.1. The molecule has 0 aliphatic rings. The third-order valence-electron chi connectivity index (χ3n) is 2.08. The number of aromatic carboxylic acids is 1. The summed E-state index contributed by atoms with van der Waals surface area (Å²) in [5.41, 5.74) is 0.527. The number of carbonyl (C=O) groups excluding carboxylic acids is 1. The topological polar surface area (TPSA) is 66.4 Å². The third kappa shape index (κ3) is 4.07. The largest absolute Gasteiger partial charge is 0.478 e. The summed E-state index contributed by atoms with van der Waals surface area (Å²) in [6.07, 6.45) is 0.415. The molecule has 0 aliphatic carbocycles. The first-order valence-electron chi connectivity index (χ1n) is 5.23. The first-order valence-corrected chi connectivity index (χ1v) is 5.60. The van der Waals surface area contributed by atoms with Crippen molar-refractivity contribution in [2.75, 3.05) is 5.32 Å². The molecule has 0 saturated heterocycles. The molecule has 2 N–H and O–H groups in total. The van der Waals surface area contributed by atoms with E-state index in [0.29, 0.717) is 12.1 Å². The van der Waals surface area contributed by atoms with Crippen molar-refractivity contribution < 1.29 is 14.7 Å². The molecule has 0 saturated carbocycles. The summed E-state index contributed by atoms with van der Waals surface area (Å²) in [5.74, 6) is -0.932. The Morgan fingerprint density at radius 3 is 2.53 bits per heavy atom. The predicted molar refractivity (Wildman–Crippen MR) is 66.5 cm³/mol. The van der Waals surface area contributed by atoms with Gasteiger partial charge >= 0.3 is 5.97 Å². The van der Waals surface area contributed by atoms with Crippen LogP contribution in [0.2, 0.25) is 5.02 Å². The summed E-state index contributed by atoms with van der Waals surface area (Å²) in [5, 5.41) is 11.6. The van der Waals surface area contributed by atoms with Gasteiger partial charge in [0.25, 0.3) is 0 Å². The van der Waals surface area contributed by atoms with E-state index in [-0.39, 0.29) is 22.4 Å². The van der Waals surface area contributed by atoms with E-state index in [1.807, 2.05) is 13.8 Å². The molecule has 0 fully saturated rings. The van der Waals surface area contributed by atoms with Crippen LogP contribution in [-0.2, 0) is 4.79 Å². The van der Waals surface area contributed by atoms with Crippen LogP contribution in [-0.4, -0.2) is 17.0 Å². The molecule has 17 heavy (non-hydrogen) atoms. The highest BCUT2D eigenvalue weighted by atomic mass is 35.5. The SMILES string of the molecule is CC(C)CC(=O)Nc1ccc(C(=O)O)c(Cl)c1. The second-order valence-corrected chi connectivity index (χ2v) is 4.55. The number of carboxylic acids is 1. The normalized spacial score (nSPS) is 10.4. The quantitative estimate of drug-likeness (QED) is 0.869. The van der Waals surface area contributed by atoms with Crippen LogP contribution in [0.15, 0.2) is 18.2 Å². The zero-order valence-corrected chi connectivity index (χ0v) is 10.4. The molecule has 0 aliphatic heterocycles. The molecule has 0 aromatic heterocycles. The van der Waals surface area contributed by atoms with Crippen molar-refractivity contribution in [1.82, 2.24) is 0 Å². The highest BCUT2D eigenvalue weighted by molar-refractivity contribution is 6.33. The number of hydrogen-bond acceptors (Lipinski definition) is 2. The van der Waals surface area contributed by atoms with E-state index in [1.165, 1.54) is 18.2 Å². The van der Waals surface area contributed by atoms with E-state index < -0.39 is 5.97 Å².